The van der Waals surface area contributed by atoms with E-state index in [4.69, 9.17) is 11.6 Å². The first-order chi connectivity index (χ1) is 10.2. The van der Waals surface area contributed by atoms with Gasteiger partial charge in [0.25, 0.3) is 0 Å². The van der Waals surface area contributed by atoms with Crippen molar-refractivity contribution in [3.63, 3.8) is 0 Å². The number of aromatic carboxylic acids is 1. The predicted molar refractivity (Wildman–Crippen MR) is 83.2 cm³/mol. The second kappa shape index (κ2) is 5.46. The summed E-state index contributed by atoms with van der Waals surface area (Å²) in [5.41, 5.74) is 2.65. The summed E-state index contributed by atoms with van der Waals surface area (Å²) in [4.78, 5) is 11.5. The lowest BCUT2D eigenvalue weighted by Gasteiger charge is -2.11. The van der Waals surface area contributed by atoms with Crippen molar-refractivity contribution in [1.29, 1.82) is 0 Å². The Kier molecular flexibility index (Phi) is 3.50. The Morgan fingerprint density at radius 1 is 0.952 bits per heavy atom. The molecule has 0 aliphatic carbocycles. The number of carboxylic acid groups (broad SMARTS) is 1. The van der Waals surface area contributed by atoms with E-state index < -0.39 is 5.97 Å². The second-order valence-electron chi connectivity index (χ2n) is 4.60. The molecule has 3 aromatic rings. The van der Waals surface area contributed by atoms with E-state index in [0.29, 0.717) is 10.7 Å². The molecule has 0 aliphatic heterocycles. The van der Waals surface area contributed by atoms with Crippen molar-refractivity contribution in [2.45, 2.75) is 0 Å². The number of benzene rings is 2. The van der Waals surface area contributed by atoms with Crippen molar-refractivity contribution in [2.24, 2.45) is 0 Å². The van der Waals surface area contributed by atoms with E-state index >= 15 is 0 Å². The molecule has 0 amide bonds. The van der Waals surface area contributed by atoms with Gasteiger partial charge in [-0.2, -0.15) is 0 Å². The summed E-state index contributed by atoms with van der Waals surface area (Å²) in [6.45, 7) is 0. The van der Waals surface area contributed by atoms with Gasteiger partial charge in [0.2, 0.25) is 0 Å². The fourth-order valence-electron chi connectivity index (χ4n) is 2.31. The number of halogens is 1. The number of nitrogens with zero attached hydrogens (tertiary/aromatic N) is 1. The van der Waals surface area contributed by atoms with Gasteiger partial charge < -0.3 is 9.67 Å². The average Bonchev–Trinajstić information content (AvgIpc) is 2.94. The Morgan fingerprint density at radius 3 is 2.24 bits per heavy atom. The van der Waals surface area contributed by atoms with E-state index in [0.717, 1.165) is 11.3 Å². The monoisotopic (exact) mass is 297 g/mol. The topological polar surface area (TPSA) is 42.2 Å². The highest BCUT2D eigenvalue weighted by molar-refractivity contribution is 6.30. The standard InChI is InChI=1S/C17H12ClNO2/c18-13-6-8-14(9-7-13)19-11-10-15(17(20)21)16(19)12-4-2-1-3-5-12/h1-11H,(H,20,21). The molecule has 0 saturated carbocycles. The van der Waals surface area contributed by atoms with Crippen LogP contribution in [0.2, 0.25) is 5.02 Å². The third kappa shape index (κ3) is 2.56. The molecule has 21 heavy (non-hydrogen) atoms. The molecule has 104 valence electrons. The smallest absolute Gasteiger partial charge is 0.337 e. The van der Waals surface area contributed by atoms with E-state index in [1.165, 1.54) is 0 Å². The first-order valence-corrected chi connectivity index (χ1v) is 6.80. The highest BCUT2D eigenvalue weighted by atomic mass is 35.5. The van der Waals surface area contributed by atoms with Gasteiger partial charge in [-0.1, -0.05) is 41.9 Å². The summed E-state index contributed by atoms with van der Waals surface area (Å²) >= 11 is 5.91. The Labute approximate surface area is 127 Å². The molecule has 1 aromatic heterocycles. The fraction of sp³-hybridized carbons (Fsp3) is 0. The summed E-state index contributed by atoms with van der Waals surface area (Å²) in [7, 11) is 0. The van der Waals surface area contributed by atoms with Crippen molar-refractivity contribution in [3.8, 4) is 16.9 Å². The van der Waals surface area contributed by atoms with Gasteiger partial charge in [0.1, 0.15) is 0 Å². The molecule has 2 aromatic carbocycles. The van der Waals surface area contributed by atoms with Crippen LogP contribution < -0.4 is 0 Å². The molecule has 0 fully saturated rings. The molecular formula is C17H12ClNO2. The molecule has 0 bridgehead atoms. The zero-order chi connectivity index (χ0) is 14.8. The molecule has 1 heterocycles. The molecule has 0 radical (unpaired) electrons. The summed E-state index contributed by atoms with van der Waals surface area (Å²) in [5.74, 6) is -0.943. The molecule has 0 atom stereocenters. The van der Waals surface area contributed by atoms with Gasteiger partial charge in [0.05, 0.1) is 11.3 Å². The van der Waals surface area contributed by atoms with Crippen LogP contribution in [-0.2, 0) is 0 Å². The van der Waals surface area contributed by atoms with Crippen molar-refractivity contribution < 1.29 is 9.90 Å². The molecule has 4 heteroatoms. The summed E-state index contributed by atoms with van der Waals surface area (Å²) in [6.07, 6.45) is 1.76. The van der Waals surface area contributed by atoms with Gasteiger partial charge in [-0.25, -0.2) is 4.79 Å². The highest BCUT2D eigenvalue weighted by Crippen LogP contribution is 2.28. The molecular weight excluding hydrogens is 286 g/mol. The van der Waals surface area contributed by atoms with Crippen LogP contribution in [0, 0.1) is 0 Å². The van der Waals surface area contributed by atoms with Gasteiger partial charge in [0, 0.05) is 16.9 Å². The Balaban J connectivity index is 2.22. The molecule has 3 rings (SSSR count). The number of hydrogen-bond acceptors (Lipinski definition) is 1. The molecule has 1 N–H and O–H groups in total. The normalized spacial score (nSPS) is 10.5. The molecule has 0 unspecified atom stereocenters. The SMILES string of the molecule is O=C(O)c1ccn(-c2ccc(Cl)cc2)c1-c1ccccc1. The maximum Gasteiger partial charge on any atom is 0.337 e. The van der Waals surface area contributed by atoms with Gasteiger partial charge in [-0.3, -0.25) is 0 Å². The summed E-state index contributed by atoms with van der Waals surface area (Å²) < 4.78 is 1.86. The van der Waals surface area contributed by atoms with E-state index in [9.17, 15) is 9.90 Å². The van der Waals surface area contributed by atoms with E-state index in [1.807, 2.05) is 47.0 Å². The predicted octanol–water partition coefficient (Wildman–Crippen LogP) is 4.50. The molecule has 0 aliphatic rings. The lowest BCUT2D eigenvalue weighted by Crippen LogP contribution is -2.01. The lowest BCUT2D eigenvalue weighted by molar-refractivity contribution is 0.0698. The van der Waals surface area contributed by atoms with Crippen molar-refractivity contribution >= 4 is 17.6 Å². The van der Waals surface area contributed by atoms with Crippen LogP contribution >= 0.6 is 11.6 Å². The maximum atomic E-state index is 11.5. The second-order valence-corrected chi connectivity index (χ2v) is 5.03. The summed E-state index contributed by atoms with van der Waals surface area (Å²) in [6, 6.07) is 18.4. The minimum atomic E-state index is -0.943. The van der Waals surface area contributed by atoms with Crippen LogP contribution in [0.5, 0.6) is 0 Å². The Bertz CT molecular complexity index is 776. The van der Waals surface area contributed by atoms with Gasteiger partial charge in [-0.05, 0) is 35.9 Å². The van der Waals surface area contributed by atoms with Crippen molar-refractivity contribution in [1.82, 2.24) is 4.57 Å². The quantitative estimate of drug-likeness (QED) is 0.773. The van der Waals surface area contributed by atoms with Crippen LogP contribution in [0.25, 0.3) is 16.9 Å². The van der Waals surface area contributed by atoms with Crippen LogP contribution in [-0.4, -0.2) is 15.6 Å². The van der Waals surface area contributed by atoms with Gasteiger partial charge in [-0.15, -0.1) is 0 Å². The zero-order valence-corrected chi connectivity index (χ0v) is 11.8. The Morgan fingerprint density at radius 2 is 1.62 bits per heavy atom. The first-order valence-electron chi connectivity index (χ1n) is 6.43. The van der Waals surface area contributed by atoms with Crippen LogP contribution in [0.1, 0.15) is 10.4 Å². The minimum Gasteiger partial charge on any atom is -0.478 e. The first kappa shape index (κ1) is 13.5. The summed E-state index contributed by atoms with van der Waals surface area (Å²) in [5, 5.41) is 10.0. The van der Waals surface area contributed by atoms with Gasteiger partial charge in [0.15, 0.2) is 0 Å². The lowest BCUT2D eigenvalue weighted by atomic mass is 10.1. The number of rotatable bonds is 3. The number of hydrogen-bond donors (Lipinski definition) is 1. The number of carbonyl (C=O) groups is 1. The maximum absolute atomic E-state index is 11.5. The van der Waals surface area contributed by atoms with Crippen LogP contribution in [0.3, 0.4) is 0 Å². The number of aromatic nitrogens is 1. The Hall–Kier alpha value is -2.52. The minimum absolute atomic E-state index is 0.274. The number of carboxylic acids is 1. The van der Waals surface area contributed by atoms with E-state index in [-0.39, 0.29) is 5.56 Å². The van der Waals surface area contributed by atoms with Crippen molar-refractivity contribution in [3.05, 3.63) is 77.4 Å². The molecule has 0 spiro atoms. The van der Waals surface area contributed by atoms with Crippen LogP contribution in [0.4, 0.5) is 0 Å². The average molecular weight is 298 g/mol. The van der Waals surface area contributed by atoms with Gasteiger partial charge >= 0.3 is 5.97 Å². The fourth-order valence-corrected chi connectivity index (χ4v) is 2.44. The van der Waals surface area contributed by atoms with Crippen molar-refractivity contribution in [2.75, 3.05) is 0 Å². The molecule has 0 saturated heterocycles. The van der Waals surface area contributed by atoms with Crippen LogP contribution in [0.15, 0.2) is 66.9 Å². The third-order valence-electron chi connectivity index (χ3n) is 3.27. The van der Waals surface area contributed by atoms with E-state index in [1.54, 1.807) is 24.4 Å². The highest BCUT2D eigenvalue weighted by Gasteiger charge is 2.17. The largest absolute Gasteiger partial charge is 0.478 e. The zero-order valence-electron chi connectivity index (χ0n) is 11.0. The molecule has 3 nitrogen and oxygen atoms in total. The third-order valence-corrected chi connectivity index (χ3v) is 3.52. The van der Waals surface area contributed by atoms with E-state index in [2.05, 4.69) is 0 Å².